The second kappa shape index (κ2) is 8.78. The Morgan fingerprint density at radius 1 is 1.00 bits per heavy atom. The molecule has 0 amide bonds. The topological polar surface area (TPSA) is 44.5 Å². The lowest BCUT2D eigenvalue weighted by atomic mass is 10.0. The summed E-state index contributed by atoms with van der Waals surface area (Å²) in [5.74, 6) is 1.37. The Morgan fingerprint density at radius 2 is 1.63 bits per heavy atom. The molecule has 1 atom stereocenters. The zero-order valence-corrected chi connectivity index (χ0v) is 17.9. The molecule has 0 fully saturated rings. The third kappa shape index (κ3) is 4.13. The Bertz CT molecular complexity index is 1060. The third-order valence-corrected chi connectivity index (χ3v) is 6.18. The maximum absolute atomic E-state index is 11.7. The van der Waals surface area contributed by atoms with Crippen LogP contribution in [0.2, 0.25) is 0 Å². The first-order valence-electron chi connectivity index (χ1n) is 9.82. The molecule has 5 heteroatoms. The lowest BCUT2D eigenvalue weighted by Gasteiger charge is -2.20. The Hall–Kier alpha value is -3.02. The van der Waals surface area contributed by atoms with E-state index in [0.717, 1.165) is 33.4 Å². The van der Waals surface area contributed by atoms with Crippen LogP contribution in [0.3, 0.4) is 0 Å². The molecular weight excluding hydrogens is 392 g/mol. The van der Waals surface area contributed by atoms with E-state index < -0.39 is 5.72 Å². The molecule has 0 saturated heterocycles. The molecule has 1 aliphatic heterocycles. The number of thioether (sulfide) groups is 1. The number of nitrogens with one attached hydrogen (secondary N) is 1. The minimum atomic E-state index is -1.11. The first-order valence-corrected chi connectivity index (χ1v) is 10.8. The van der Waals surface area contributed by atoms with E-state index in [1.165, 1.54) is 0 Å². The predicted octanol–water partition coefficient (Wildman–Crippen LogP) is 5.35. The summed E-state index contributed by atoms with van der Waals surface area (Å²) >= 11 is 1.65. The first-order chi connectivity index (χ1) is 14.6. The van der Waals surface area contributed by atoms with Crippen LogP contribution < -0.4 is 10.1 Å². The van der Waals surface area contributed by atoms with E-state index in [0.29, 0.717) is 5.75 Å². The van der Waals surface area contributed by atoms with Crippen molar-refractivity contribution < 1.29 is 14.4 Å². The van der Waals surface area contributed by atoms with E-state index in [1.54, 1.807) is 18.9 Å². The Labute approximate surface area is 181 Å². The van der Waals surface area contributed by atoms with Crippen LogP contribution in [0.4, 0.5) is 11.4 Å². The number of nitrogens with zero attached hydrogens (tertiary/aromatic N) is 1. The minimum absolute atomic E-state index is 0.549. The molecule has 3 aromatic carbocycles. The van der Waals surface area contributed by atoms with Crippen LogP contribution in [-0.2, 0) is 5.72 Å². The number of methoxy groups -OCH3 is 1. The minimum Gasteiger partial charge on any atom is -0.497 e. The van der Waals surface area contributed by atoms with Gasteiger partial charge in [-0.25, -0.2) is 0 Å². The fourth-order valence-corrected chi connectivity index (χ4v) is 4.84. The molecule has 0 bridgehead atoms. The molecule has 0 spiro atoms. The quantitative estimate of drug-likeness (QED) is 0.531. The average molecular weight is 418 g/mol. The van der Waals surface area contributed by atoms with Gasteiger partial charge < -0.3 is 15.2 Å². The van der Waals surface area contributed by atoms with Gasteiger partial charge in [0.15, 0.2) is 0 Å². The molecule has 152 valence electrons. The normalized spacial score (nSPS) is 19.1. The van der Waals surface area contributed by atoms with Crippen molar-refractivity contribution in [3.8, 4) is 5.75 Å². The highest BCUT2D eigenvalue weighted by Gasteiger charge is 2.50. The highest BCUT2D eigenvalue weighted by atomic mass is 32.2. The van der Waals surface area contributed by atoms with Crippen molar-refractivity contribution in [3.05, 3.63) is 102 Å². The number of aliphatic hydroxyl groups is 1. The first kappa shape index (κ1) is 20.3. The second-order valence-corrected chi connectivity index (χ2v) is 8.16. The van der Waals surface area contributed by atoms with E-state index in [1.807, 2.05) is 96.4 Å². The Morgan fingerprint density at radius 3 is 2.27 bits per heavy atom. The number of hydrogen-bond donors (Lipinski definition) is 2. The zero-order valence-electron chi connectivity index (χ0n) is 17.1. The summed E-state index contributed by atoms with van der Waals surface area (Å²) in [6.07, 6.45) is 2.09. The summed E-state index contributed by atoms with van der Waals surface area (Å²) in [4.78, 5) is 0. The van der Waals surface area contributed by atoms with Crippen molar-refractivity contribution in [2.75, 3.05) is 18.2 Å². The van der Waals surface area contributed by atoms with Gasteiger partial charge >= 0.3 is 5.72 Å². The van der Waals surface area contributed by atoms with Crippen molar-refractivity contribution in [2.45, 2.75) is 12.6 Å². The Kier molecular flexibility index (Phi) is 5.93. The maximum Gasteiger partial charge on any atom is 0.307 e. The molecule has 0 unspecified atom stereocenters. The number of allylic oxidation sites excluding steroid dienone is 1. The number of rotatable bonds is 6. The third-order valence-electron chi connectivity index (χ3n) is 5.03. The summed E-state index contributed by atoms with van der Waals surface area (Å²) in [6, 6.07) is 27.7. The van der Waals surface area contributed by atoms with Crippen LogP contribution in [-0.4, -0.2) is 27.6 Å². The fraction of sp³-hybridized carbons (Fsp3) is 0.160. The van der Waals surface area contributed by atoms with E-state index in [2.05, 4.69) is 11.4 Å². The van der Waals surface area contributed by atoms with Crippen LogP contribution >= 0.6 is 11.8 Å². The van der Waals surface area contributed by atoms with Gasteiger partial charge in [0, 0.05) is 29.6 Å². The lowest BCUT2D eigenvalue weighted by Crippen LogP contribution is -2.36. The molecule has 0 aliphatic carbocycles. The van der Waals surface area contributed by atoms with Gasteiger partial charge in [-0.1, -0.05) is 36.4 Å². The molecule has 0 saturated carbocycles. The zero-order chi connectivity index (χ0) is 21.0. The van der Waals surface area contributed by atoms with Gasteiger partial charge in [0.05, 0.1) is 12.7 Å². The van der Waals surface area contributed by atoms with E-state index >= 15 is 0 Å². The van der Waals surface area contributed by atoms with Crippen molar-refractivity contribution >= 4 is 28.2 Å². The van der Waals surface area contributed by atoms with Crippen molar-refractivity contribution in [1.29, 1.82) is 0 Å². The van der Waals surface area contributed by atoms with Crippen LogP contribution in [0.25, 0.3) is 0 Å². The molecule has 4 rings (SSSR count). The smallest absolute Gasteiger partial charge is 0.307 e. The van der Waals surface area contributed by atoms with Crippen molar-refractivity contribution in [3.63, 3.8) is 0 Å². The molecule has 0 radical (unpaired) electrons. The van der Waals surface area contributed by atoms with Gasteiger partial charge in [-0.15, -0.1) is 0 Å². The number of benzene rings is 3. The molecule has 4 nitrogen and oxygen atoms in total. The second-order valence-electron chi connectivity index (χ2n) is 7.16. The summed E-state index contributed by atoms with van der Waals surface area (Å²) in [5.41, 5.74) is 2.70. The van der Waals surface area contributed by atoms with Gasteiger partial charge in [-0.05, 0) is 55.1 Å². The van der Waals surface area contributed by atoms with E-state index in [9.17, 15) is 5.11 Å². The van der Waals surface area contributed by atoms with E-state index in [-0.39, 0.29) is 0 Å². The molecule has 1 heterocycles. The number of para-hydroxylation sites is 1. The van der Waals surface area contributed by atoms with Gasteiger partial charge in [-0.2, -0.15) is 4.58 Å². The molecule has 30 heavy (non-hydrogen) atoms. The van der Waals surface area contributed by atoms with Crippen LogP contribution in [0, 0.1) is 0 Å². The number of ether oxygens (including phenoxy) is 1. The van der Waals surface area contributed by atoms with Crippen molar-refractivity contribution in [2.24, 2.45) is 0 Å². The summed E-state index contributed by atoms with van der Waals surface area (Å²) < 4.78 is 7.25. The standard InChI is InChI=1S/C25H24N2O2S/c1-19(26-21-13-15-23(29-2)16-14-21)17-24-27(22-11-7-4-8-12-22)25(28,18-30-24)20-9-5-3-6-10-20/h3-17,28H,18H2,1-2H3/p+1/t25-/m0/s1. The lowest BCUT2D eigenvalue weighted by molar-refractivity contribution is -0.592. The van der Waals surface area contributed by atoms with Crippen LogP contribution in [0.5, 0.6) is 5.75 Å². The monoisotopic (exact) mass is 417 g/mol. The van der Waals surface area contributed by atoms with E-state index in [4.69, 9.17) is 4.74 Å². The molecule has 0 aromatic heterocycles. The molecule has 1 aliphatic rings. The fourth-order valence-electron chi connectivity index (χ4n) is 3.55. The van der Waals surface area contributed by atoms with Crippen LogP contribution in [0.1, 0.15) is 12.5 Å². The predicted molar refractivity (Wildman–Crippen MR) is 125 cm³/mol. The summed E-state index contributed by atoms with van der Waals surface area (Å²) in [7, 11) is 1.66. The van der Waals surface area contributed by atoms with Gasteiger partial charge in [0.25, 0.3) is 0 Å². The highest BCUT2D eigenvalue weighted by Crippen LogP contribution is 2.39. The number of anilines is 1. The highest BCUT2D eigenvalue weighted by molar-refractivity contribution is 8.14. The average Bonchev–Trinajstić information content (AvgIpc) is 3.12. The summed E-state index contributed by atoms with van der Waals surface area (Å²) in [5, 5.41) is 16.1. The largest absolute Gasteiger partial charge is 0.497 e. The molecular formula is C25H25N2O2S+. The SMILES string of the molecule is COc1ccc(N/C(C)=C/C2=[N+](c3ccccc3)[C@@](O)(c3ccccc3)CS2)cc1. The summed E-state index contributed by atoms with van der Waals surface area (Å²) in [6.45, 7) is 2.03. The Balaban J connectivity index is 1.72. The number of hydrogen-bond acceptors (Lipinski definition) is 4. The van der Waals surface area contributed by atoms with Gasteiger partial charge in [-0.3, -0.25) is 0 Å². The van der Waals surface area contributed by atoms with Gasteiger partial charge in [0.2, 0.25) is 10.7 Å². The molecule has 3 aromatic rings. The maximum atomic E-state index is 11.7. The molecule has 2 N–H and O–H groups in total. The van der Waals surface area contributed by atoms with Gasteiger partial charge in [0.1, 0.15) is 11.5 Å². The van der Waals surface area contributed by atoms with Crippen LogP contribution in [0.15, 0.2) is 96.7 Å². The van der Waals surface area contributed by atoms with Crippen molar-refractivity contribution in [1.82, 2.24) is 0 Å².